The second kappa shape index (κ2) is 7.05. The number of halogens is 1. The van der Waals surface area contributed by atoms with Crippen LogP contribution in [0.2, 0.25) is 0 Å². The van der Waals surface area contributed by atoms with Gasteiger partial charge in [0.05, 0.1) is 0 Å². The van der Waals surface area contributed by atoms with Gasteiger partial charge in [-0.05, 0) is 44.3 Å². The molecule has 1 aromatic rings. The maximum Gasteiger partial charge on any atom is 0.0230 e. The molecule has 0 aliphatic carbocycles. The van der Waals surface area contributed by atoms with E-state index in [4.69, 9.17) is 0 Å². The molecule has 0 aromatic heterocycles. The number of nitrogens with one attached hydrogen (secondary N) is 1. The normalized spacial score (nSPS) is 13.1. The van der Waals surface area contributed by atoms with Crippen molar-refractivity contribution in [3.63, 3.8) is 0 Å². The highest BCUT2D eigenvalue weighted by molar-refractivity contribution is 9.10. The van der Waals surface area contributed by atoms with Crippen molar-refractivity contribution in [3.05, 3.63) is 34.3 Å². The van der Waals surface area contributed by atoms with Crippen LogP contribution in [-0.4, -0.2) is 32.1 Å². The molecule has 1 N–H and O–H groups in total. The first kappa shape index (κ1) is 13.7. The average molecular weight is 285 g/mol. The quantitative estimate of drug-likeness (QED) is 0.864. The lowest BCUT2D eigenvalue weighted by atomic mass is 10.1. The molecule has 3 heteroatoms. The summed E-state index contributed by atoms with van der Waals surface area (Å²) >= 11 is 3.45. The van der Waals surface area contributed by atoms with E-state index < -0.39 is 0 Å². The molecular weight excluding hydrogens is 264 g/mol. The molecule has 16 heavy (non-hydrogen) atoms. The van der Waals surface area contributed by atoms with Crippen molar-refractivity contribution in [1.82, 2.24) is 10.2 Å². The third-order valence-electron chi connectivity index (χ3n) is 2.54. The van der Waals surface area contributed by atoms with E-state index in [-0.39, 0.29) is 0 Å². The molecule has 0 amide bonds. The molecule has 1 aromatic carbocycles. The number of nitrogens with zero attached hydrogens (tertiary/aromatic N) is 1. The lowest BCUT2D eigenvalue weighted by molar-refractivity contribution is 0.276. The van der Waals surface area contributed by atoms with E-state index in [1.165, 1.54) is 5.56 Å². The van der Waals surface area contributed by atoms with Crippen LogP contribution in [0.5, 0.6) is 0 Å². The number of hydrogen-bond acceptors (Lipinski definition) is 2. The molecule has 2 nitrogen and oxygen atoms in total. The Morgan fingerprint density at radius 2 is 1.94 bits per heavy atom. The van der Waals surface area contributed by atoms with E-state index >= 15 is 0 Å². The standard InChI is InChI=1S/C13H21BrN2/c1-11(8-15-2)9-16(3)10-12-4-6-13(14)7-5-12/h4-7,11,15H,8-10H2,1-3H3. The zero-order valence-corrected chi connectivity index (χ0v) is 11.9. The maximum absolute atomic E-state index is 3.45. The van der Waals surface area contributed by atoms with Crippen LogP contribution in [0.25, 0.3) is 0 Å². The van der Waals surface area contributed by atoms with Crippen LogP contribution in [0.1, 0.15) is 12.5 Å². The van der Waals surface area contributed by atoms with E-state index in [0.717, 1.165) is 24.1 Å². The minimum absolute atomic E-state index is 0.686. The fraction of sp³-hybridized carbons (Fsp3) is 0.538. The second-order valence-corrected chi connectivity index (χ2v) is 5.40. The summed E-state index contributed by atoms with van der Waals surface area (Å²) in [5, 5.41) is 3.21. The Labute approximate surface area is 107 Å². The van der Waals surface area contributed by atoms with Gasteiger partial charge in [-0.1, -0.05) is 35.0 Å². The predicted molar refractivity (Wildman–Crippen MR) is 73.6 cm³/mol. The summed E-state index contributed by atoms with van der Waals surface area (Å²) in [5.74, 6) is 0.686. The Hall–Kier alpha value is -0.380. The summed E-state index contributed by atoms with van der Waals surface area (Å²) in [4.78, 5) is 2.37. The maximum atomic E-state index is 3.45. The lowest BCUT2D eigenvalue weighted by Crippen LogP contribution is -2.29. The highest BCUT2D eigenvalue weighted by atomic mass is 79.9. The van der Waals surface area contributed by atoms with Gasteiger partial charge in [0.1, 0.15) is 0 Å². The van der Waals surface area contributed by atoms with Crippen LogP contribution < -0.4 is 5.32 Å². The highest BCUT2D eigenvalue weighted by Gasteiger charge is 2.05. The number of benzene rings is 1. The van der Waals surface area contributed by atoms with Gasteiger partial charge in [0.15, 0.2) is 0 Å². The molecule has 0 aliphatic heterocycles. The van der Waals surface area contributed by atoms with Crippen LogP contribution in [0.3, 0.4) is 0 Å². The van der Waals surface area contributed by atoms with Crippen LogP contribution in [-0.2, 0) is 6.54 Å². The third kappa shape index (κ3) is 5.10. The Balaban J connectivity index is 2.39. The first-order valence-electron chi connectivity index (χ1n) is 5.69. The summed E-state index contributed by atoms with van der Waals surface area (Å²) in [5.41, 5.74) is 1.36. The van der Waals surface area contributed by atoms with Crippen LogP contribution >= 0.6 is 15.9 Å². The van der Waals surface area contributed by atoms with Gasteiger partial charge in [-0.3, -0.25) is 0 Å². The molecule has 0 spiro atoms. The van der Waals surface area contributed by atoms with Crippen molar-refractivity contribution in [2.24, 2.45) is 5.92 Å². The molecule has 0 radical (unpaired) electrons. The molecule has 1 atom stereocenters. The highest BCUT2D eigenvalue weighted by Crippen LogP contribution is 2.12. The van der Waals surface area contributed by atoms with Crippen LogP contribution in [0.15, 0.2) is 28.7 Å². The summed E-state index contributed by atoms with van der Waals surface area (Å²) in [7, 11) is 4.18. The summed E-state index contributed by atoms with van der Waals surface area (Å²) < 4.78 is 1.14. The smallest absolute Gasteiger partial charge is 0.0230 e. The average Bonchev–Trinajstić information content (AvgIpc) is 2.21. The van der Waals surface area contributed by atoms with Gasteiger partial charge in [0.2, 0.25) is 0 Å². The third-order valence-corrected chi connectivity index (χ3v) is 3.07. The van der Waals surface area contributed by atoms with Gasteiger partial charge in [-0.25, -0.2) is 0 Å². The molecule has 0 aliphatic rings. The molecule has 0 heterocycles. The van der Waals surface area contributed by atoms with Crippen LogP contribution in [0, 0.1) is 5.92 Å². The Morgan fingerprint density at radius 1 is 1.31 bits per heavy atom. The fourth-order valence-corrected chi connectivity index (χ4v) is 2.18. The number of hydrogen-bond donors (Lipinski definition) is 1. The molecule has 0 saturated carbocycles. The van der Waals surface area contributed by atoms with Gasteiger partial charge in [0.25, 0.3) is 0 Å². The zero-order valence-electron chi connectivity index (χ0n) is 10.3. The molecule has 90 valence electrons. The summed E-state index contributed by atoms with van der Waals surface area (Å²) in [6, 6.07) is 8.53. The molecule has 1 unspecified atom stereocenters. The Kier molecular flexibility index (Phi) is 6.03. The lowest BCUT2D eigenvalue weighted by Gasteiger charge is -2.21. The van der Waals surface area contributed by atoms with Gasteiger partial charge < -0.3 is 10.2 Å². The van der Waals surface area contributed by atoms with E-state index in [9.17, 15) is 0 Å². The van der Waals surface area contributed by atoms with Crippen molar-refractivity contribution >= 4 is 15.9 Å². The molecule has 1 rings (SSSR count). The van der Waals surface area contributed by atoms with E-state index in [2.05, 4.69) is 64.4 Å². The monoisotopic (exact) mass is 284 g/mol. The van der Waals surface area contributed by atoms with Crippen molar-refractivity contribution in [2.45, 2.75) is 13.5 Å². The topological polar surface area (TPSA) is 15.3 Å². The van der Waals surface area contributed by atoms with Crippen LogP contribution in [0.4, 0.5) is 0 Å². The van der Waals surface area contributed by atoms with Gasteiger partial charge in [-0.2, -0.15) is 0 Å². The van der Waals surface area contributed by atoms with E-state index in [0.29, 0.717) is 5.92 Å². The molecular formula is C13H21BrN2. The minimum Gasteiger partial charge on any atom is -0.319 e. The predicted octanol–water partition coefficient (Wildman–Crippen LogP) is 2.74. The summed E-state index contributed by atoms with van der Waals surface area (Å²) in [6.07, 6.45) is 0. The fourth-order valence-electron chi connectivity index (χ4n) is 1.91. The Bertz CT molecular complexity index is 297. The largest absolute Gasteiger partial charge is 0.319 e. The zero-order chi connectivity index (χ0) is 12.0. The SMILES string of the molecule is CNCC(C)CN(C)Cc1ccc(Br)cc1. The van der Waals surface area contributed by atoms with E-state index in [1.54, 1.807) is 0 Å². The molecule has 0 bridgehead atoms. The van der Waals surface area contributed by atoms with Crippen molar-refractivity contribution in [1.29, 1.82) is 0 Å². The number of rotatable bonds is 6. The van der Waals surface area contributed by atoms with Crippen molar-refractivity contribution in [2.75, 3.05) is 27.2 Å². The molecule has 0 fully saturated rings. The summed E-state index contributed by atoms with van der Waals surface area (Å²) in [6.45, 7) is 5.48. The molecule has 0 saturated heterocycles. The van der Waals surface area contributed by atoms with E-state index in [1.807, 2.05) is 7.05 Å². The minimum atomic E-state index is 0.686. The first-order valence-corrected chi connectivity index (χ1v) is 6.48. The van der Waals surface area contributed by atoms with Crippen molar-refractivity contribution in [3.8, 4) is 0 Å². The van der Waals surface area contributed by atoms with Gasteiger partial charge >= 0.3 is 0 Å². The van der Waals surface area contributed by atoms with Gasteiger partial charge in [-0.15, -0.1) is 0 Å². The second-order valence-electron chi connectivity index (χ2n) is 4.49. The Morgan fingerprint density at radius 3 is 2.50 bits per heavy atom. The van der Waals surface area contributed by atoms with Gasteiger partial charge in [0, 0.05) is 17.6 Å². The van der Waals surface area contributed by atoms with Crippen molar-refractivity contribution < 1.29 is 0 Å². The first-order chi connectivity index (χ1) is 7.61.